The van der Waals surface area contributed by atoms with Gasteiger partial charge >= 0.3 is 5.97 Å². The smallest absolute Gasteiger partial charge is 0.350 e. The monoisotopic (exact) mass is 329 g/mol. The largest absolute Gasteiger partial charge is 0.462 e. The molecule has 0 saturated carbocycles. The molecular weight excluding hydrogens is 310 g/mol. The van der Waals surface area contributed by atoms with Gasteiger partial charge in [0.1, 0.15) is 6.07 Å². The molecule has 1 N–H and O–H groups in total. The Morgan fingerprint density at radius 1 is 1.33 bits per heavy atom. The lowest BCUT2D eigenvalue weighted by Crippen LogP contribution is -2.40. The van der Waals surface area contributed by atoms with E-state index in [2.05, 4.69) is 5.32 Å². The standard InChI is InChI=1S/C17H19N3O4/c1-2-24-17(22)14(11-18)12-19-15-5-3-13(4-6-15)16(21)20-7-9-23-10-8-20/h3-6,12,19H,2,7-10H2,1H3/b14-12-. The summed E-state index contributed by atoms with van der Waals surface area (Å²) in [6, 6.07) is 8.60. The zero-order valence-electron chi connectivity index (χ0n) is 13.4. The predicted molar refractivity (Wildman–Crippen MR) is 87.1 cm³/mol. The fourth-order valence-corrected chi connectivity index (χ4v) is 2.16. The number of esters is 1. The van der Waals surface area contributed by atoms with E-state index >= 15 is 0 Å². The van der Waals surface area contributed by atoms with Crippen molar-refractivity contribution in [1.82, 2.24) is 4.90 Å². The Kier molecular flexibility index (Phi) is 6.34. The molecule has 1 aromatic rings. The second-order valence-corrected chi connectivity index (χ2v) is 5.02. The van der Waals surface area contributed by atoms with Gasteiger partial charge in [0.25, 0.3) is 5.91 Å². The highest BCUT2D eigenvalue weighted by Gasteiger charge is 2.18. The molecule has 1 heterocycles. The summed E-state index contributed by atoms with van der Waals surface area (Å²) in [5, 5.41) is 11.8. The lowest BCUT2D eigenvalue weighted by Gasteiger charge is -2.26. The van der Waals surface area contributed by atoms with Gasteiger partial charge in [-0.1, -0.05) is 0 Å². The molecule has 1 fully saturated rings. The molecule has 0 unspecified atom stereocenters. The van der Waals surface area contributed by atoms with Crippen LogP contribution in [0.2, 0.25) is 0 Å². The minimum absolute atomic E-state index is 0.0374. The van der Waals surface area contributed by atoms with Crippen LogP contribution in [0, 0.1) is 11.3 Å². The number of ether oxygens (including phenoxy) is 2. The number of carbonyl (C=O) groups is 2. The number of rotatable bonds is 5. The maximum Gasteiger partial charge on any atom is 0.350 e. The Balaban J connectivity index is 2.00. The molecule has 2 rings (SSSR count). The van der Waals surface area contributed by atoms with E-state index in [0.717, 1.165) is 0 Å². The molecule has 0 aliphatic carbocycles. The minimum Gasteiger partial charge on any atom is -0.462 e. The molecule has 1 amide bonds. The normalized spacial score (nSPS) is 14.7. The SMILES string of the molecule is CCOC(=O)/C(C#N)=C\Nc1ccc(C(=O)N2CCOCC2)cc1. The van der Waals surface area contributed by atoms with E-state index in [0.29, 0.717) is 37.6 Å². The van der Waals surface area contributed by atoms with Crippen molar-refractivity contribution in [3.05, 3.63) is 41.6 Å². The minimum atomic E-state index is -0.674. The van der Waals surface area contributed by atoms with Gasteiger partial charge < -0.3 is 19.7 Å². The van der Waals surface area contributed by atoms with Gasteiger partial charge in [0.15, 0.2) is 5.57 Å². The summed E-state index contributed by atoms with van der Waals surface area (Å²) in [6.07, 6.45) is 1.29. The lowest BCUT2D eigenvalue weighted by molar-refractivity contribution is -0.138. The van der Waals surface area contributed by atoms with Crippen LogP contribution in [0.15, 0.2) is 36.0 Å². The molecule has 126 valence electrons. The number of morpholine rings is 1. The van der Waals surface area contributed by atoms with Crippen LogP contribution in [0.1, 0.15) is 17.3 Å². The van der Waals surface area contributed by atoms with Crippen molar-refractivity contribution in [3.63, 3.8) is 0 Å². The average molecular weight is 329 g/mol. The number of nitriles is 1. The third-order valence-corrected chi connectivity index (χ3v) is 3.43. The van der Waals surface area contributed by atoms with E-state index in [1.165, 1.54) is 6.20 Å². The molecule has 0 aromatic heterocycles. The summed E-state index contributed by atoms with van der Waals surface area (Å²) in [6.45, 7) is 4.17. The summed E-state index contributed by atoms with van der Waals surface area (Å²) < 4.78 is 10.0. The topological polar surface area (TPSA) is 91.7 Å². The van der Waals surface area contributed by atoms with Gasteiger partial charge in [0.2, 0.25) is 0 Å². The lowest BCUT2D eigenvalue weighted by atomic mass is 10.1. The zero-order chi connectivity index (χ0) is 17.4. The molecule has 0 spiro atoms. The number of benzene rings is 1. The Labute approximate surface area is 140 Å². The maximum atomic E-state index is 12.3. The first-order chi connectivity index (χ1) is 11.7. The molecule has 1 aliphatic heterocycles. The van der Waals surface area contributed by atoms with Gasteiger partial charge in [-0.3, -0.25) is 4.79 Å². The Morgan fingerprint density at radius 2 is 2.00 bits per heavy atom. The molecule has 7 nitrogen and oxygen atoms in total. The third-order valence-electron chi connectivity index (χ3n) is 3.43. The van der Waals surface area contributed by atoms with E-state index in [-0.39, 0.29) is 18.1 Å². The van der Waals surface area contributed by atoms with Gasteiger partial charge in [-0.05, 0) is 31.2 Å². The van der Waals surface area contributed by atoms with Gasteiger partial charge in [-0.25, -0.2) is 4.79 Å². The van der Waals surface area contributed by atoms with E-state index in [1.54, 1.807) is 42.2 Å². The molecular formula is C17H19N3O4. The number of carbonyl (C=O) groups excluding carboxylic acids is 2. The molecule has 1 saturated heterocycles. The van der Waals surface area contributed by atoms with E-state index in [1.807, 2.05) is 0 Å². The van der Waals surface area contributed by atoms with Gasteiger partial charge in [0, 0.05) is 30.5 Å². The van der Waals surface area contributed by atoms with E-state index in [4.69, 9.17) is 14.7 Å². The van der Waals surface area contributed by atoms with E-state index < -0.39 is 5.97 Å². The second-order valence-electron chi connectivity index (χ2n) is 5.02. The summed E-state index contributed by atoms with van der Waals surface area (Å²) in [5.41, 5.74) is 1.12. The van der Waals surface area contributed by atoms with Crippen molar-refractivity contribution >= 4 is 17.6 Å². The van der Waals surface area contributed by atoms with Crippen molar-refractivity contribution in [2.75, 3.05) is 38.2 Å². The first kappa shape index (κ1) is 17.5. The van der Waals surface area contributed by atoms with E-state index in [9.17, 15) is 9.59 Å². The summed E-state index contributed by atoms with van der Waals surface area (Å²) in [4.78, 5) is 25.6. The highest BCUT2D eigenvalue weighted by molar-refractivity contribution is 5.95. The second kappa shape index (κ2) is 8.70. The Hall–Kier alpha value is -2.85. The summed E-state index contributed by atoms with van der Waals surface area (Å²) in [7, 11) is 0. The molecule has 24 heavy (non-hydrogen) atoms. The highest BCUT2D eigenvalue weighted by Crippen LogP contribution is 2.13. The predicted octanol–water partition coefficient (Wildman–Crippen LogP) is 1.54. The van der Waals surface area contributed by atoms with Gasteiger partial charge in [-0.15, -0.1) is 0 Å². The van der Waals surface area contributed by atoms with Crippen LogP contribution in [0.4, 0.5) is 5.69 Å². The van der Waals surface area contributed by atoms with Crippen LogP contribution in [0.25, 0.3) is 0 Å². The molecule has 0 bridgehead atoms. The van der Waals surface area contributed by atoms with Crippen LogP contribution >= 0.6 is 0 Å². The van der Waals surface area contributed by atoms with Crippen molar-refractivity contribution in [2.45, 2.75) is 6.92 Å². The van der Waals surface area contributed by atoms with Crippen molar-refractivity contribution in [2.24, 2.45) is 0 Å². The Morgan fingerprint density at radius 3 is 2.58 bits per heavy atom. The number of nitrogens with one attached hydrogen (secondary N) is 1. The van der Waals surface area contributed by atoms with Crippen LogP contribution in [-0.4, -0.2) is 49.7 Å². The number of hydrogen-bond acceptors (Lipinski definition) is 6. The molecule has 7 heteroatoms. The molecule has 1 aliphatic rings. The first-order valence-corrected chi connectivity index (χ1v) is 7.66. The zero-order valence-corrected chi connectivity index (χ0v) is 13.4. The fourth-order valence-electron chi connectivity index (χ4n) is 2.16. The van der Waals surface area contributed by atoms with Crippen LogP contribution in [0.3, 0.4) is 0 Å². The van der Waals surface area contributed by atoms with Crippen molar-refractivity contribution in [1.29, 1.82) is 5.26 Å². The Bertz CT molecular complexity index is 655. The van der Waals surface area contributed by atoms with Gasteiger partial charge in [0.05, 0.1) is 19.8 Å². The van der Waals surface area contributed by atoms with Crippen molar-refractivity contribution in [3.8, 4) is 6.07 Å². The maximum absolute atomic E-state index is 12.3. The average Bonchev–Trinajstić information content (AvgIpc) is 2.63. The van der Waals surface area contributed by atoms with Gasteiger partial charge in [-0.2, -0.15) is 5.26 Å². The van der Waals surface area contributed by atoms with Crippen molar-refractivity contribution < 1.29 is 19.1 Å². The summed E-state index contributed by atoms with van der Waals surface area (Å²) >= 11 is 0. The third kappa shape index (κ3) is 4.57. The summed E-state index contributed by atoms with van der Waals surface area (Å²) in [5.74, 6) is -0.712. The molecule has 0 atom stereocenters. The highest BCUT2D eigenvalue weighted by atomic mass is 16.5. The molecule has 1 aromatic carbocycles. The fraction of sp³-hybridized carbons (Fsp3) is 0.353. The molecule has 0 radical (unpaired) electrons. The number of anilines is 1. The number of nitrogens with zero attached hydrogens (tertiary/aromatic N) is 2. The number of amides is 1. The van der Waals surface area contributed by atoms with Crippen LogP contribution < -0.4 is 5.32 Å². The van der Waals surface area contributed by atoms with Crippen LogP contribution in [-0.2, 0) is 14.3 Å². The van der Waals surface area contributed by atoms with Crippen LogP contribution in [0.5, 0.6) is 0 Å². The quantitative estimate of drug-likeness (QED) is 0.500. The number of hydrogen-bond donors (Lipinski definition) is 1. The first-order valence-electron chi connectivity index (χ1n) is 7.66.